The average Bonchev–Trinajstić information content (AvgIpc) is 3.40. The number of aromatic nitrogens is 3. The monoisotopic (exact) mass is 468 g/mol. The van der Waals surface area contributed by atoms with E-state index in [1.165, 1.54) is 36.6 Å². The van der Waals surface area contributed by atoms with Crippen molar-refractivity contribution in [1.29, 1.82) is 0 Å². The molecule has 0 atom stereocenters. The first-order chi connectivity index (χ1) is 16.3. The molecule has 34 heavy (non-hydrogen) atoms. The van der Waals surface area contributed by atoms with Gasteiger partial charge in [-0.05, 0) is 64.4 Å². The fourth-order valence-corrected chi connectivity index (χ4v) is 4.50. The highest BCUT2D eigenvalue weighted by Crippen LogP contribution is 2.36. The van der Waals surface area contributed by atoms with E-state index < -0.39 is 5.82 Å². The maximum Gasteiger partial charge on any atom is 0.330 e. The van der Waals surface area contributed by atoms with Gasteiger partial charge in [0.1, 0.15) is 11.6 Å². The third-order valence-electron chi connectivity index (χ3n) is 6.36. The molecular weight excluding hydrogens is 435 g/mol. The van der Waals surface area contributed by atoms with E-state index in [0.717, 1.165) is 13.0 Å². The topological polar surface area (TPSA) is 104 Å². The molecule has 3 aromatic rings. The lowest BCUT2D eigenvalue weighted by Gasteiger charge is -2.15. The van der Waals surface area contributed by atoms with Gasteiger partial charge < -0.3 is 21.1 Å². The number of anilines is 2. The highest BCUT2D eigenvalue weighted by molar-refractivity contribution is 5.85. The van der Waals surface area contributed by atoms with Gasteiger partial charge in [0.25, 0.3) is 0 Å². The van der Waals surface area contributed by atoms with Gasteiger partial charge in [0.05, 0.1) is 12.3 Å². The van der Waals surface area contributed by atoms with Crippen LogP contribution in [-0.4, -0.2) is 45.3 Å². The smallest absolute Gasteiger partial charge is 0.330 e. The molecule has 8 nitrogen and oxygen atoms in total. The van der Waals surface area contributed by atoms with Crippen molar-refractivity contribution in [2.24, 2.45) is 7.05 Å². The zero-order chi connectivity index (χ0) is 24.4. The first-order valence-electron chi connectivity index (χ1n) is 11.8. The number of halogens is 1. The van der Waals surface area contributed by atoms with Crippen LogP contribution in [0.4, 0.5) is 15.9 Å². The van der Waals surface area contributed by atoms with Crippen LogP contribution in [0.1, 0.15) is 39.2 Å². The van der Waals surface area contributed by atoms with Crippen LogP contribution < -0.4 is 21.9 Å². The number of imidazole rings is 1. The number of nitrogens with zero attached hydrogens (tertiary/aromatic N) is 4. The molecule has 2 aromatic heterocycles. The predicted octanol–water partition coefficient (Wildman–Crippen LogP) is 3.66. The number of nitrogens with two attached hydrogens (primary N) is 2. The van der Waals surface area contributed by atoms with E-state index >= 15 is 0 Å². The van der Waals surface area contributed by atoms with Gasteiger partial charge in [-0.1, -0.05) is 0 Å². The summed E-state index contributed by atoms with van der Waals surface area (Å²) in [7, 11) is 1.61. The highest BCUT2D eigenvalue weighted by Gasteiger charge is 2.23. The van der Waals surface area contributed by atoms with E-state index in [9.17, 15) is 9.18 Å². The molecule has 0 spiro atoms. The van der Waals surface area contributed by atoms with Crippen molar-refractivity contribution in [3.63, 3.8) is 0 Å². The lowest BCUT2D eigenvalue weighted by Crippen LogP contribution is -2.24. The molecule has 1 aliphatic heterocycles. The molecule has 0 unspecified atom stereocenters. The van der Waals surface area contributed by atoms with Gasteiger partial charge in [-0.25, -0.2) is 14.2 Å². The van der Waals surface area contributed by atoms with E-state index in [4.69, 9.17) is 16.2 Å². The van der Waals surface area contributed by atoms with Crippen LogP contribution >= 0.6 is 0 Å². The molecule has 1 saturated heterocycles. The molecule has 3 heterocycles. The zero-order valence-corrected chi connectivity index (χ0v) is 20.1. The first-order valence-corrected chi connectivity index (χ1v) is 11.8. The summed E-state index contributed by atoms with van der Waals surface area (Å²) >= 11 is 0. The van der Waals surface area contributed by atoms with Crippen molar-refractivity contribution in [1.82, 2.24) is 19.0 Å². The second-order valence-corrected chi connectivity index (χ2v) is 9.09. The molecule has 0 amide bonds. The molecular formula is C25H33FN6O2. The summed E-state index contributed by atoms with van der Waals surface area (Å²) in [4.78, 5) is 19.5. The van der Waals surface area contributed by atoms with Gasteiger partial charge in [0.2, 0.25) is 5.88 Å². The molecule has 4 rings (SSSR count). The lowest BCUT2D eigenvalue weighted by molar-refractivity contribution is 0.257. The van der Waals surface area contributed by atoms with Gasteiger partial charge in [0, 0.05) is 54.3 Å². The third kappa shape index (κ3) is 4.65. The number of benzene rings is 1. The molecule has 0 aliphatic carbocycles. The molecule has 1 fully saturated rings. The summed E-state index contributed by atoms with van der Waals surface area (Å²) in [6.07, 6.45) is 5.08. The van der Waals surface area contributed by atoms with E-state index in [1.54, 1.807) is 36.0 Å². The van der Waals surface area contributed by atoms with E-state index in [2.05, 4.69) is 9.88 Å². The number of likely N-dealkylation sites (tertiary alicyclic amines) is 1. The lowest BCUT2D eigenvalue weighted by atomic mass is 10.00. The molecule has 182 valence electrons. The van der Waals surface area contributed by atoms with Crippen molar-refractivity contribution in [3.8, 4) is 28.3 Å². The minimum Gasteiger partial charge on any atom is -0.478 e. The third-order valence-corrected chi connectivity index (χ3v) is 6.36. The minimum atomic E-state index is -0.477. The second kappa shape index (κ2) is 9.89. The van der Waals surface area contributed by atoms with E-state index in [1.807, 2.05) is 13.8 Å². The summed E-state index contributed by atoms with van der Waals surface area (Å²) in [5, 5.41) is 0. The quantitative estimate of drug-likeness (QED) is 0.386. The normalized spacial score (nSPS) is 14.3. The van der Waals surface area contributed by atoms with Crippen molar-refractivity contribution in [3.05, 3.63) is 46.8 Å². The molecule has 4 N–H and O–H groups in total. The van der Waals surface area contributed by atoms with Crippen LogP contribution in [0.25, 0.3) is 22.4 Å². The SMILES string of the molecule is CC(C)n1c(-c2cc(-c3ccc(OCCCN4CCCC4)nc3)c(F)cc2N)c(N)n(C)c1=O. The standard InChI is InChI=1S/C25H33FN6O2/c1-16(2)32-23(24(28)30(3)25(32)33)19-13-18(20(26)14-21(19)27)17-7-8-22(29-15-17)34-12-6-11-31-9-4-5-10-31/h7-8,13-16H,4-6,9-12,27-28H2,1-3H3. The van der Waals surface area contributed by atoms with Gasteiger partial charge in [-0.3, -0.25) is 9.13 Å². The van der Waals surface area contributed by atoms with Crippen LogP contribution in [0, 0.1) is 5.82 Å². The summed E-state index contributed by atoms with van der Waals surface area (Å²) in [5.74, 6) is 0.302. The molecule has 0 radical (unpaired) electrons. The Morgan fingerprint density at radius 1 is 1.15 bits per heavy atom. The Hall–Kier alpha value is -3.33. The zero-order valence-electron chi connectivity index (χ0n) is 20.1. The van der Waals surface area contributed by atoms with Crippen molar-refractivity contribution in [2.45, 2.75) is 39.2 Å². The molecule has 1 aliphatic rings. The van der Waals surface area contributed by atoms with Crippen LogP contribution in [0.15, 0.2) is 35.3 Å². The maximum absolute atomic E-state index is 14.9. The number of hydrogen-bond acceptors (Lipinski definition) is 6. The number of ether oxygens (including phenoxy) is 1. The van der Waals surface area contributed by atoms with Crippen molar-refractivity contribution >= 4 is 11.5 Å². The van der Waals surface area contributed by atoms with Crippen LogP contribution in [0.3, 0.4) is 0 Å². The Balaban J connectivity index is 1.57. The summed E-state index contributed by atoms with van der Waals surface area (Å²) in [5.41, 5.74) is 14.3. The second-order valence-electron chi connectivity index (χ2n) is 9.09. The Bertz CT molecular complexity index is 1210. The Labute approximate surface area is 199 Å². The molecule has 0 saturated carbocycles. The van der Waals surface area contributed by atoms with Crippen LogP contribution in [0.5, 0.6) is 5.88 Å². The summed E-state index contributed by atoms with van der Waals surface area (Å²) < 4.78 is 23.6. The number of pyridine rings is 1. The first kappa shape index (κ1) is 23.8. The average molecular weight is 469 g/mol. The number of nitrogen functional groups attached to an aromatic ring is 2. The fraction of sp³-hybridized carbons (Fsp3) is 0.440. The minimum absolute atomic E-state index is 0.150. The molecule has 9 heteroatoms. The summed E-state index contributed by atoms with van der Waals surface area (Å²) in [6, 6.07) is 6.24. The Morgan fingerprint density at radius 2 is 1.88 bits per heavy atom. The Morgan fingerprint density at radius 3 is 2.53 bits per heavy atom. The van der Waals surface area contributed by atoms with E-state index in [-0.39, 0.29) is 23.2 Å². The maximum atomic E-state index is 14.9. The fourth-order valence-electron chi connectivity index (χ4n) is 4.50. The number of hydrogen-bond donors (Lipinski definition) is 2. The van der Waals surface area contributed by atoms with Gasteiger partial charge in [0.15, 0.2) is 0 Å². The number of rotatable bonds is 8. The van der Waals surface area contributed by atoms with Gasteiger partial charge >= 0.3 is 5.69 Å². The van der Waals surface area contributed by atoms with Crippen LogP contribution in [0.2, 0.25) is 0 Å². The molecule has 1 aromatic carbocycles. The van der Waals surface area contributed by atoms with Gasteiger partial charge in [-0.2, -0.15) is 0 Å². The van der Waals surface area contributed by atoms with Gasteiger partial charge in [-0.15, -0.1) is 0 Å². The largest absolute Gasteiger partial charge is 0.478 e. The highest BCUT2D eigenvalue weighted by atomic mass is 19.1. The Kier molecular flexibility index (Phi) is 6.92. The molecule has 0 bridgehead atoms. The van der Waals surface area contributed by atoms with Crippen LogP contribution in [-0.2, 0) is 7.05 Å². The van der Waals surface area contributed by atoms with Crippen molar-refractivity contribution < 1.29 is 9.13 Å². The summed E-state index contributed by atoms with van der Waals surface area (Å²) in [6.45, 7) is 7.73. The predicted molar refractivity (Wildman–Crippen MR) is 133 cm³/mol. The van der Waals surface area contributed by atoms with Crippen molar-refractivity contribution in [2.75, 3.05) is 37.7 Å². The van der Waals surface area contributed by atoms with E-state index in [0.29, 0.717) is 34.9 Å².